The number of hydrogen-bond donors (Lipinski definition) is 1. The molecule has 3 unspecified atom stereocenters. The van der Waals surface area contributed by atoms with Crippen LogP contribution in [0.1, 0.15) is 26.7 Å². The smallest absolute Gasteiger partial charge is 0.0733 e. The lowest BCUT2D eigenvalue weighted by Crippen LogP contribution is -2.65. The Balaban J connectivity index is 1.92. The number of aliphatic hydroxyl groups excluding tert-OH is 1. The Hall–Kier alpha value is -0.120. The molecular formula is C12H24N2O. The molecule has 3 aliphatic rings. The summed E-state index contributed by atoms with van der Waals surface area (Å²) in [5.74, 6) is 0.445. The zero-order chi connectivity index (χ0) is 10.8. The molecule has 0 aromatic heterocycles. The molecule has 88 valence electrons. The third kappa shape index (κ3) is 2.35. The van der Waals surface area contributed by atoms with Gasteiger partial charge in [0.15, 0.2) is 0 Å². The molecule has 2 bridgehead atoms. The molecule has 3 nitrogen and oxygen atoms in total. The highest BCUT2D eigenvalue weighted by atomic mass is 16.3. The van der Waals surface area contributed by atoms with Gasteiger partial charge in [-0.1, -0.05) is 20.3 Å². The van der Waals surface area contributed by atoms with Crippen molar-refractivity contribution in [2.24, 2.45) is 5.92 Å². The van der Waals surface area contributed by atoms with Gasteiger partial charge in [0.05, 0.1) is 6.10 Å². The minimum Gasteiger partial charge on any atom is -0.391 e. The topological polar surface area (TPSA) is 26.7 Å². The fourth-order valence-electron chi connectivity index (χ4n) is 2.99. The first-order chi connectivity index (χ1) is 7.22. The maximum atomic E-state index is 10.3. The van der Waals surface area contributed by atoms with Gasteiger partial charge in [0.2, 0.25) is 0 Å². The van der Waals surface area contributed by atoms with Crippen LogP contribution < -0.4 is 0 Å². The highest BCUT2D eigenvalue weighted by Crippen LogP contribution is 2.23. The van der Waals surface area contributed by atoms with Gasteiger partial charge in [-0.05, 0) is 12.3 Å². The molecule has 0 aromatic rings. The molecule has 0 aliphatic carbocycles. The first-order valence-electron chi connectivity index (χ1n) is 6.37. The number of rotatable bonds is 4. The quantitative estimate of drug-likeness (QED) is 0.746. The lowest BCUT2D eigenvalue weighted by molar-refractivity contribution is -0.0635. The summed E-state index contributed by atoms with van der Waals surface area (Å²) in [6, 6.07) is 0.397. The Kier molecular flexibility index (Phi) is 3.65. The average Bonchev–Trinajstić information content (AvgIpc) is 2.30. The summed E-state index contributed by atoms with van der Waals surface area (Å²) < 4.78 is 0. The van der Waals surface area contributed by atoms with Crippen LogP contribution in [0.5, 0.6) is 0 Å². The molecule has 3 heteroatoms. The second-order valence-electron chi connectivity index (χ2n) is 5.16. The van der Waals surface area contributed by atoms with Gasteiger partial charge in [0, 0.05) is 38.8 Å². The van der Waals surface area contributed by atoms with E-state index in [1.807, 2.05) is 0 Å². The summed E-state index contributed by atoms with van der Waals surface area (Å²) in [4.78, 5) is 4.98. The molecule has 0 spiro atoms. The van der Waals surface area contributed by atoms with Gasteiger partial charge in [-0.3, -0.25) is 9.80 Å². The number of aliphatic hydroxyl groups is 1. The van der Waals surface area contributed by atoms with E-state index in [0.717, 1.165) is 26.1 Å². The van der Waals surface area contributed by atoms with Gasteiger partial charge < -0.3 is 5.11 Å². The lowest BCUT2D eigenvalue weighted by atomic mass is 9.90. The Morgan fingerprint density at radius 2 is 1.93 bits per heavy atom. The van der Waals surface area contributed by atoms with Gasteiger partial charge in [0.1, 0.15) is 0 Å². The average molecular weight is 212 g/mol. The fourth-order valence-corrected chi connectivity index (χ4v) is 2.99. The standard InChI is InChI=1S/C12H24N2O/c1-3-4-10(2)12(15)11-9-13-5-7-14(11)8-6-13/h10-12,15H,3-9H2,1-2H3. The Labute approximate surface area is 93.1 Å². The van der Waals surface area contributed by atoms with Crippen LogP contribution in [0.2, 0.25) is 0 Å². The number of hydrogen-bond acceptors (Lipinski definition) is 3. The van der Waals surface area contributed by atoms with Gasteiger partial charge >= 0.3 is 0 Å². The van der Waals surface area contributed by atoms with Crippen LogP contribution in [0.4, 0.5) is 0 Å². The number of piperazine rings is 3. The molecule has 3 fully saturated rings. The summed E-state index contributed by atoms with van der Waals surface area (Å²) in [5, 5.41) is 10.3. The SMILES string of the molecule is CCCC(C)C(O)C1CN2CCN1CC2. The van der Waals surface area contributed by atoms with Gasteiger partial charge in [0.25, 0.3) is 0 Å². The fraction of sp³-hybridized carbons (Fsp3) is 1.00. The van der Waals surface area contributed by atoms with Crippen molar-refractivity contribution in [1.82, 2.24) is 9.80 Å². The molecule has 3 aliphatic heterocycles. The summed E-state index contributed by atoms with van der Waals surface area (Å²) in [6.07, 6.45) is 2.19. The molecule has 3 atom stereocenters. The first kappa shape index (κ1) is 11.4. The molecule has 3 heterocycles. The third-order valence-corrected chi connectivity index (χ3v) is 4.04. The van der Waals surface area contributed by atoms with Crippen LogP contribution in [0, 0.1) is 5.92 Å². The minimum atomic E-state index is -0.131. The van der Waals surface area contributed by atoms with Gasteiger partial charge in [-0.2, -0.15) is 0 Å². The number of fused-ring (bicyclic) bond motifs is 3. The molecular weight excluding hydrogens is 188 g/mol. The van der Waals surface area contributed by atoms with E-state index in [1.165, 1.54) is 19.5 Å². The van der Waals surface area contributed by atoms with E-state index < -0.39 is 0 Å². The van der Waals surface area contributed by atoms with Crippen LogP contribution in [-0.2, 0) is 0 Å². The minimum absolute atomic E-state index is 0.131. The van der Waals surface area contributed by atoms with E-state index >= 15 is 0 Å². The molecule has 0 amide bonds. The molecule has 0 aromatic carbocycles. The normalized spacial score (nSPS) is 39.0. The van der Waals surface area contributed by atoms with Crippen LogP contribution in [0.15, 0.2) is 0 Å². The monoisotopic (exact) mass is 212 g/mol. The van der Waals surface area contributed by atoms with Crippen LogP contribution in [-0.4, -0.2) is 59.8 Å². The van der Waals surface area contributed by atoms with E-state index in [4.69, 9.17) is 0 Å². The molecule has 0 saturated carbocycles. The summed E-state index contributed by atoms with van der Waals surface area (Å²) in [7, 11) is 0. The zero-order valence-corrected chi connectivity index (χ0v) is 10.0. The Bertz CT molecular complexity index is 202. The van der Waals surface area contributed by atoms with E-state index in [9.17, 15) is 5.11 Å². The van der Waals surface area contributed by atoms with E-state index in [-0.39, 0.29) is 6.10 Å². The highest BCUT2D eigenvalue weighted by molar-refractivity contribution is 4.93. The third-order valence-electron chi connectivity index (χ3n) is 4.04. The predicted octanol–water partition coefficient (Wildman–Crippen LogP) is 0.783. The summed E-state index contributed by atoms with van der Waals surface area (Å²) >= 11 is 0. The maximum Gasteiger partial charge on any atom is 0.0733 e. The van der Waals surface area contributed by atoms with E-state index in [2.05, 4.69) is 23.6 Å². The van der Waals surface area contributed by atoms with Gasteiger partial charge in [-0.25, -0.2) is 0 Å². The first-order valence-corrected chi connectivity index (χ1v) is 6.37. The van der Waals surface area contributed by atoms with Gasteiger partial charge in [-0.15, -0.1) is 0 Å². The molecule has 0 radical (unpaired) electrons. The lowest BCUT2D eigenvalue weighted by Gasteiger charge is -2.50. The summed E-state index contributed by atoms with van der Waals surface area (Å²) in [5.41, 5.74) is 0. The largest absolute Gasteiger partial charge is 0.391 e. The van der Waals surface area contributed by atoms with Crippen molar-refractivity contribution in [2.75, 3.05) is 32.7 Å². The van der Waals surface area contributed by atoms with Crippen molar-refractivity contribution >= 4 is 0 Å². The summed E-state index contributed by atoms with van der Waals surface area (Å²) in [6.45, 7) is 10.2. The Morgan fingerprint density at radius 1 is 1.27 bits per heavy atom. The second-order valence-corrected chi connectivity index (χ2v) is 5.16. The van der Waals surface area contributed by atoms with Crippen LogP contribution in [0.3, 0.4) is 0 Å². The number of nitrogens with zero attached hydrogens (tertiary/aromatic N) is 2. The van der Waals surface area contributed by atoms with Crippen molar-refractivity contribution < 1.29 is 5.11 Å². The molecule has 1 N–H and O–H groups in total. The molecule has 3 rings (SSSR count). The van der Waals surface area contributed by atoms with Crippen molar-refractivity contribution in [3.63, 3.8) is 0 Å². The molecule has 3 saturated heterocycles. The highest BCUT2D eigenvalue weighted by Gasteiger charge is 2.37. The van der Waals surface area contributed by atoms with Crippen LogP contribution in [0.25, 0.3) is 0 Å². The van der Waals surface area contributed by atoms with Crippen molar-refractivity contribution in [2.45, 2.75) is 38.8 Å². The molecule has 15 heavy (non-hydrogen) atoms. The van der Waals surface area contributed by atoms with Crippen molar-refractivity contribution in [1.29, 1.82) is 0 Å². The van der Waals surface area contributed by atoms with Crippen molar-refractivity contribution in [3.05, 3.63) is 0 Å². The van der Waals surface area contributed by atoms with Crippen LogP contribution >= 0.6 is 0 Å². The predicted molar refractivity (Wildman–Crippen MR) is 61.9 cm³/mol. The Morgan fingerprint density at radius 3 is 2.40 bits per heavy atom. The zero-order valence-electron chi connectivity index (χ0n) is 10.0. The maximum absolute atomic E-state index is 10.3. The van der Waals surface area contributed by atoms with E-state index in [1.54, 1.807) is 0 Å². The second kappa shape index (κ2) is 4.81. The van der Waals surface area contributed by atoms with E-state index in [0.29, 0.717) is 12.0 Å². The van der Waals surface area contributed by atoms with Crippen molar-refractivity contribution in [3.8, 4) is 0 Å².